The van der Waals surface area contributed by atoms with Gasteiger partial charge in [-0.25, -0.2) is 4.98 Å². The lowest BCUT2D eigenvalue weighted by atomic mass is 10.1. The molecule has 1 fully saturated rings. The number of imidazole rings is 1. The Balaban J connectivity index is 1.45. The number of para-hydroxylation sites is 2. The van der Waals surface area contributed by atoms with Crippen LogP contribution in [-0.2, 0) is 17.9 Å². The lowest BCUT2D eigenvalue weighted by molar-refractivity contribution is -0.119. The lowest BCUT2D eigenvalue weighted by Crippen LogP contribution is -2.35. The molecule has 1 saturated heterocycles. The van der Waals surface area contributed by atoms with Gasteiger partial charge in [0.1, 0.15) is 5.82 Å². The second-order valence-corrected chi connectivity index (χ2v) is 6.99. The zero-order chi connectivity index (χ0) is 19.5. The number of piperidine rings is 1. The third-order valence-electron chi connectivity index (χ3n) is 5.22. The molecule has 2 aromatic carbocycles. The van der Waals surface area contributed by atoms with E-state index in [-0.39, 0.29) is 11.8 Å². The average molecular weight is 376 g/mol. The van der Waals surface area contributed by atoms with E-state index in [2.05, 4.69) is 21.8 Å². The van der Waals surface area contributed by atoms with Crippen molar-refractivity contribution in [1.82, 2.24) is 14.9 Å². The van der Waals surface area contributed by atoms with Gasteiger partial charge in [-0.1, -0.05) is 12.1 Å². The number of amides is 2. The molecule has 0 spiro atoms. The Labute approximate surface area is 164 Å². The summed E-state index contributed by atoms with van der Waals surface area (Å²) in [5.74, 6) is 0.848. The van der Waals surface area contributed by atoms with Crippen LogP contribution in [0.3, 0.4) is 0 Å². The zero-order valence-electron chi connectivity index (χ0n) is 16.0. The van der Waals surface area contributed by atoms with Crippen molar-refractivity contribution in [2.24, 2.45) is 0 Å². The summed E-state index contributed by atoms with van der Waals surface area (Å²) in [7, 11) is 0. The summed E-state index contributed by atoms with van der Waals surface area (Å²) in [5.41, 5.74) is 3.44. The first-order chi connectivity index (χ1) is 13.7. The topological polar surface area (TPSA) is 67.2 Å². The minimum atomic E-state index is -0.147. The predicted molar refractivity (Wildman–Crippen MR) is 109 cm³/mol. The van der Waals surface area contributed by atoms with Gasteiger partial charge in [0.05, 0.1) is 17.6 Å². The number of aryl methyl sites for hydroxylation is 1. The Hall–Kier alpha value is -3.15. The monoisotopic (exact) mass is 376 g/mol. The fourth-order valence-corrected chi connectivity index (χ4v) is 3.75. The highest BCUT2D eigenvalue weighted by Gasteiger charge is 2.19. The standard InChI is InChI=1S/C22H24N4O2/c1-2-25-19-8-4-3-7-18(19)24-20(25)15-23-22(28)16-10-12-17(13-11-16)26-14-6-5-9-21(26)27/h3-4,7-8,10-13H,2,5-6,9,14-15H2,1H3,(H,23,28). The van der Waals surface area contributed by atoms with Gasteiger partial charge < -0.3 is 14.8 Å². The fraction of sp³-hybridized carbons (Fsp3) is 0.318. The molecule has 2 heterocycles. The van der Waals surface area contributed by atoms with E-state index in [0.717, 1.165) is 48.5 Å². The molecule has 6 heteroatoms. The number of nitrogens with zero attached hydrogens (tertiary/aromatic N) is 3. The minimum absolute atomic E-state index is 0.147. The van der Waals surface area contributed by atoms with Gasteiger partial charge in [0.15, 0.2) is 0 Å². The largest absolute Gasteiger partial charge is 0.345 e. The van der Waals surface area contributed by atoms with Crippen LogP contribution in [-0.4, -0.2) is 27.9 Å². The molecule has 1 aliphatic heterocycles. The Morgan fingerprint density at radius 3 is 2.64 bits per heavy atom. The molecule has 0 aliphatic carbocycles. The maximum absolute atomic E-state index is 12.6. The van der Waals surface area contributed by atoms with Crippen LogP contribution in [0.5, 0.6) is 0 Å². The highest BCUT2D eigenvalue weighted by atomic mass is 16.2. The number of fused-ring (bicyclic) bond motifs is 1. The lowest BCUT2D eigenvalue weighted by Gasteiger charge is -2.26. The van der Waals surface area contributed by atoms with E-state index in [1.807, 2.05) is 36.4 Å². The number of aromatic nitrogens is 2. The van der Waals surface area contributed by atoms with Crippen molar-refractivity contribution in [1.29, 1.82) is 0 Å². The highest BCUT2D eigenvalue weighted by molar-refractivity contribution is 5.97. The van der Waals surface area contributed by atoms with Crippen LogP contribution in [0.1, 0.15) is 42.4 Å². The molecule has 4 rings (SSSR count). The van der Waals surface area contributed by atoms with Gasteiger partial charge in [0, 0.05) is 30.8 Å². The van der Waals surface area contributed by atoms with E-state index in [9.17, 15) is 9.59 Å². The van der Waals surface area contributed by atoms with Crippen molar-refractivity contribution in [2.45, 2.75) is 39.3 Å². The molecule has 144 valence electrons. The number of nitrogens with one attached hydrogen (secondary N) is 1. The van der Waals surface area contributed by atoms with Crippen molar-refractivity contribution in [2.75, 3.05) is 11.4 Å². The SMILES string of the molecule is CCn1c(CNC(=O)c2ccc(N3CCCCC3=O)cc2)nc2ccccc21. The van der Waals surface area contributed by atoms with Crippen molar-refractivity contribution in [3.8, 4) is 0 Å². The summed E-state index contributed by atoms with van der Waals surface area (Å²) in [6.07, 6.45) is 2.57. The van der Waals surface area contributed by atoms with E-state index in [4.69, 9.17) is 0 Å². The minimum Gasteiger partial charge on any atom is -0.345 e. The van der Waals surface area contributed by atoms with Crippen LogP contribution in [0.15, 0.2) is 48.5 Å². The summed E-state index contributed by atoms with van der Waals surface area (Å²) in [6.45, 7) is 3.98. The number of hydrogen-bond acceptors (Lipinski definition) is 3. The quantitative estimate of drug-likeness (QED) is 0.741. The molecule has 1 N–H and O–H groups in total. The van der Waals surface area contributed by atoms with Gasteiger partial charge in [0.2, 0.25) is 5.91 Å². The second-order valence-electron chi connectivity index (χ2n) is 6.99. The van der Waals surface area contributed by atoms with E-state index in [1.165, 1.54) is 0 Å². The van der Waals surface area contributed by atoms with Crippen LogP contribution in [0, 0.1) is 0 Å². The first-order valence-corrected chi connectivity index (χ1v) is 9.80. The van der Waals surface area contributed by atoms with E-state index in [0.29, 0.717) is 18.5 Å². The molecule has 0 saturated carbocycles. The number of benzene rings is 2. The molecule has 0 atom stereocenters. The number of carbonyl (C=O) groups excluding carboxylic acids is 2. The van der Waals surface area contributed by atoms with Crippen LogP contribution >= 0.6 is 0 Å². The van der Waals surface area contributed by atoms with Crippen LogP contribution in [0.25, 0.3) is 11.0 Å². The van der Waals surface area contributed by atoms with Gasteiger partial charge in [-0.3, -0.25) is 9.59 Å². The van der Waals surface area contributed by atoms with E-state index < -0.39 is 0 Å². The third kappa shape index (κ3) is 3.50. The van der Waals surface area contributed by atoms with Crippen molar-refractivity contribution in [3.63, 3.8) is 0 Å². The molecule has 1 aliphatic rings. The summed E-state index contributed by atoms with van der Waals surface area (Å²) in [6, 6.07) is 15.2. The molecule has 6 nitrogen and oxygen atoms in total. The van der Waals surface area contributed by atoms with Crippen LogP contribution in [0.4, 0.5) is 5.69 Å². The molecule has 1 aromatic heterocycles. The van der Waals surface area contributed by atoms with E-state index >= 15 is 0 Å². The molecule has 3 aromatic rings. The first kappa shape index (κ1) is 18.2. The number of hydrogen-bond donors (Lipinski definition) is 1. The third-order valence-corrected chi connectivity index (χ3v) is 5.22. The fourth-order valence-electron chi connectivity index (χ4n) is 3.75. The molecule has 2 amide bonds. The van der Waals surface area contributed by atoms with Crippen molar-refractivity contribution >= 4 is 28.5 Å². The number of anilines is 1. The Morgan fingerprint density at radius 2 is 1.89 bits per heavy atom. The number of rotatable bonds is 5. The van der Waals surface area contributed by atoms with Crippen molar-refractivity contribution in [3.05, 3.63) is 59.9 Å². The molecular weight excluding hydrogens is 352 g/mol. The summed E-state index contributed by atoms with van der Waals surface area (Å²) in [4.78, 5) is 31.0. The normalized spacial score (nSPS) is 14.5. The predicted octanol–water partition coefficient (Wildman–Crippen LogP) is 3.50. The zero-order valence-corrected chi connectivity index (χ0v) is 16.0. The smallest absolute Gasteiger partial charge is 0.251 e. The molecule has 0 unspecified atom stereocenters. The molecule has 28 heavy (non-hydrogen) atoms. The maximum atomic E-state index is 12.6. The summed E-state index contributed by atoms with van der Waals surface area (Å²) >= 11 is 0. The van der Waals surface area contributed by atoms with Crippen molar-refractivity contribution < 1.29 is 9.59 Å². The highest BCUT2D eigenvalue weighted by Crippen LogP contribution is 2.21. The van der Waals surface area contributed by atoms with Gasteiger partial charge in [-0.15, -0.1) is 0 Å². The Morgan fingerprint density at radius 1 is 1.11 bits per heavy atom. The van der Waals surface area contributed by atoms with Gasteiger partial charge in [-0.05, 0) is 56.2 Å². The molecular formula is C22H24N4O2. The van der Waals surface area contributed by atoms with Gasteiger partial charge >= 0.3 is 0 Å². The molecule has 0 radical (unpaired) electrons. The Kier molecular flexibility index (Phi) is 5.10. The second kappa shape index (κ2) is 7.84. The average Bonchev–Trinajstić information content (AvgIpc) is 3.10. The van der Waals surface area contributed by atoms with E-state index in [1.54, 1.807) is 17.0 Å². The van der Waals surface area contributed by atoms with Gasteiger partial charge in [-0.2, -0.15) is 0 Å². The first-order valence-electron chi connectivity index (χ1n) is 9.80. The number of carbonyl (C=O) groups is 2. The molecule has 0 bridgehead atoms. The summed E-state index contributed by atoms with van der Waals surface area (Å²) < 4.78 is 2.11. The summed E-state index contributed by atoms with van der Waals surface area (Å²) in [5, 5.41) is 2.96. The van der Waals surface area contributed by atoms with Crippen LogP contribution < -0.4 is 10.2 Å². The van der Waals surface area contributed by atoms with Gasteiger partial charge in [0.25, 0.3) is 5.91 Å². The van der Waals surface area contributed by atoms with Crippen LogP contribution in [0.2, 0.25) is 0 Å². The Bertz CT molecular complexity index is 1010. The maximum Gasteiger partial charge on any atom is 0.251 e.